The standard InChI is InChI=1S/C24H18N2O6/c1-13-11-18(25-32-13)26-20(14-7-4-3-5-8-14)19(22(28)24(26)29)21(27)17-12-15-9-6-10-16(30-2)23(15)31-17/h3-12,20,28H,1-2H3/t20-/m0/s1. The van der Waals surface area contributed by atoms with Crippen molar-refractivity contribution in [1.82, 2.24) is 5.16 Å². The van der Waals surface area contributed by atoms with Crippen LogP contribution < -0.4 is 9.64 Å². The number of hydrogen-bond donors (Lipinski definition) is 1. The predicted octanol–water partition coefficient (Wildman–Crippen LogP) is 4.52. The first-order valence-electron chi connectivity index (χ1n) is 9.85. The van der Waals surface area contributed by atoms with Crippen molar-refractivity contribution in [1.29, 1.82) is 0 Å². The Balaban J connectivity index is 1.65. The van der Waals surface area contributed by atoms with E-state index in [1.54, 1.807) is 61.5 Å². The van der Waals surface area contributed by atoms with Gasteiger partial charge in [-0.15, -0.1) is 0 Å². The zero-order chi connectivity index (χ0) is 22.4. The largest absolute Gasteiger partial charge is 0.503 e. The average Bonchev–Trinajstić information content (AvgIpc) is 3.50. The van der Waals surface area contributed by atoms with E-state index in [0.29, 0.717) is 28.0 Å². The number of carbonyl (C=O) groups excluding carboxylic acids is 2. The van der Waals surface area contributed by atoms with Crippen molar-refractivity contribution in [2.45, 2.75) is 13.0 Å². The molecule has 0 aliphatic carbocycles. The van der Waals surface area contributed by atoms with Gasteiger partial charge in [-0.25, -0.2) is 0 Å². The van der Waals surface area contributed by atoms with E-state index in [2.05, 4.69) is 5.16 Å². The Hall–Kier alpha value is -4.33. The van der Waals surface area contributed by atoms with E-state index >= 15 is 0 Å². The van der Waals surface area contributed by atoms with E-state index in [-0.39, 0.29) is 17.2 Å². The van der Waals surface area contributed by atoms with Gasteiger partial charge < -0.3 is 18.8 Å². The Bertz CT molecular complexity index is 1380. The number of aliphatic hydroxyl groups is 1. The van der Waals surface area contributed by atoms with Crippen molar-refractivity contribution in [2.24, 2.45) is 0 Å². The molecule has 2 aromatic carbocycles. The van der Waals surface area contributed by atoms with Crippen molar-refractivity contribution < 1.29 is 28.4 Å². The summed E-state index contributed by atoms with van der Waals surface area (Å²) >= 11 is 0. The first kappa shape index (κ1) is 19.6. The third-order valence-electron chi connectivity index (χ3n) is 5.38. The minimum atomic E-state index is -0.907. The Kier molecular flexibility index (Phi) is 4.55. The van der Waals surface area contributed by atoms with Gasteiger partial charge in [0.15, 0.2) is 28.7 Å². The summed E-state index contributed by atoms with van der Waals surface area (Å²) in [5.74, 6) is -0.864. The molecule has 1 aliphatic heterocycles. The second-order valence-electron chi connectivity index (χ2n) is 7.36. The van der Waals surface area contributed by atoms with Gasteiger partial charge >= 0.3 is 0 Å². The predicted molar refractivity (Wildman–Crippen MR) is 115 cm³/mol. The van der Waals surface area contributed by atoms with Crippen molar-refractivity contribution in [3.05, 3.63) is 89.1 Å². The van der Waals surface area contributed by atoms with Crippen LogP contribution in [0, 0.1) is 6.92 Å². The molecule has 0 fully saturated rings. The van der Waals surface area contributed by atoms with Gasteiger partial charge in [0.05, 0.1) is 18.7 Å². The van der Waals surface area contributed by atoms with Crippen LogP contribution >= 0.6 is 0 Å². The second kappa shape index (κ2) is 7.42. The molecule has 8 heteroatoms. The Morgan fingerprint density at radius 3 is 2.59 bits per heavy atom. The third-order valence-corrected chi connectivity index (χ3v) is 5.38. The molecule has 1 amide bonds. The lowest BCUT2D eigenvalue weighted by Gasteiger charge is -2.24. The maximum atomic E-state index is 13.6. The van der Waals surface area contributed by atoms with Gasteiger partial charge in [0.25, 0.3) is 5.91 Å². The molecule has 1 atom stereocenters. The topological polar surface area (TPSA) is 106 Å². The molecular weight excluding hydrogens is 412 g/mol. The normalized spacial score (nSPS) is 16.2. The van der Waals surface area contributed by atoms with Crippen LogP contribution in [0.25, 0.3) is 11.0 Å². The molecule has 5 rings (SSSR count). The van der Waals surface area contributed by atoms with Gasteiger partial charge in [-0.05, 0) is 24.6 Å². The number of benzene rings is 2. The molecule has 4 aromatic rings. The fraction of sp³-hybridized carbons (Fsp3) is 0.125. The summed E-state index contributed by atoms with van der Waals surface area (Å²) in [6, 6.07) is 16.4. The first-order valence-corrected chi connectivity index (χ1v) is 9.85. The first-order chi connectivity index (χ1) is 15.5. The monoisotopic (exact) mass is 430 g/mol. The fourth-order valence-electron chi connectivity index (χ4n) is 3.93. The van der Waals surface area contributed by atoms with E-state index in [1.165, 1.54) is 12.0 Å². The molecule has 0 radical (unpaired) electrons. The van der Waals surface area contributed by atoms with Gasteiger partial charge in [0.1, 0.15) is 5.76 Å². The van der Waals surface area contributed by atoms with E-state index in [4.69, 9.17) is 13.7 Å². The molecular formula is C24H18N2O6. The maximum absolute atomic E-state index is 13.6. The van der Waals surface area contributed by atoms with Crippen molar-refractivity contribution in [2.75, 3.05) is 12.0 Å². The van der Waals surface area contributed by atoms with E-state index in [0.717, 1.165) is 0 Å². The molecule has 160 valence electrons. The molecule has 2 aromatic heterocycles. The molecule has 3 heterocycles. The van der Waals surface area contributed by atoms with Crippen LogP contribution in [0.5, 0.6) is 5.75 Å². The number of Topliss-reactive ketones (excluding diaryl/α,β-unsaturated/α-hetero) is 1. The minimum Gasteiger partial charge on any atom is -0.503 e. The number of furan rings is 1. The van der Waals surface area contributed by atoms with E-state index in [9.17, 15) is 14.7 Å². The number of amides is 1. The number of aryl methyl sites for hydroxylation is 1. The number of methoxy groups -OCH3 is 1. The maximum Gasteiger partial charge on any atom is 0.295 e. The highest BCUT2D eigenvalue weighted by Gasteiger charge is 2.46. The van der Waals surface area contributed by atoms with Crippen LogP contribution in [0.4, 0.5) is 5.82 Å². The van der Waals surface area contributed by atoms with E-state index in [1.807, 2.05) is 6.07 Å². The molecule has 0 spiro atoms. The highest BCUT2D eigenvalue weighted by atomic mass is 16.5. The number of rotatable bonds is 5. The number of fused-ring (bicyclic) bond motifs is 1. The quantitative estimate of drug-likeness (QED) is 0.464. The lowest BCUT2D eigenvalue weighted by Crippen LogP contribution is -2.31. The molecule has 32 heavy (non-hydrogen) atoms. The minimum absolute atomic E-state index is 0.0158. The third kappa shape index (κ3) is 2.96. The lowest BCUT2D eigenvalue weighted by atomic mass is 9.95. The number of nitrogens with zero attached hydrogens (tertiary/aromatic N) is 2. The van der Waals surface area contributed by atoms with Gasteiger partial charge in [0, 0.05) is 11.5 Å². The van der Waals surface area contributed by atoms with Crippen LogP contribution in [-0.4, -0.2) is 29.1 Å². The number of para-hydroxylation sites is 1. The average molecular weight is 430 g/mol. The molecule has 8 nitrogen and oxygen atoms in total. The molecule has 1 N–H and O–H groups in total. The fourth-order valence-corrected chi connectivity index (χ4v) is 3.93. The Morgan fingerprint density at radius 2 is 1.91 bits per heavy atom. The van der Waals surface area contributed by atoms with Crippen LogP contribution in [0.2, 0.25) is 0 Å². The Morgan fingerprint density at radius 1 is 1.12 bits per heavy atom. The molecule has 0 saturated heterocycles. The summed E-state index contributed by atoms with van der Waals surface area (Å²) in [6.07, 6.45) is 0. The van der Waals surface area contributed by atoms with Crippen molar-refractivity contribution in [3.63, 3.8) is 0 Å². The summed E-state index contributed by atoms with van der Waals surface area (Å²) in [4.78, 5) is 27.9. The summed E-state index contributed by atoms with van der Waals surface area (Å²) in [5, 5.41) is 15.4. The summed E-state index contributed by atoms with van der Waals surface area (Å²) in [6.45, 7) is 1.69. The van der Waals surface area contributed by atoms with Gasteiger partial charge in [-0.3, -0.25) is 14.5 Å². The highest BCUT2D eigenvalue weighted by Crippen LogP contribution is 2.42. The molecule has 0 unspecified atom stereocenters. The number of ketones is 1. The van der Waals surface area contributed by atoms with Crippen LogP contribution in [0.3, 0.4) is 0 Å². The number of aliphatic hydroxyl groups excluding tert-OH is 1. The Labute approximate surface area is 182 Å². The van der Waals surface area contributed by atoms with Crippen LogP contribution in [0.1, 0.15) is 27.9 Å². The van der Waals surface area contributed by atoms with Gasteiger partial charge in [-0.2, -0.15) is 0 Å². The SMILES string of the molecule is COc1cccc2cc(C(=O)C3=C(O)C(=O)N(c4cc(C)on4)[C@H]3c3ccccc3)oc12. The summed E-state index contributed by atoms with van der Waals surface area (Å²) in [5.41, 5.74) is 0.936. The summed E-state index contributed by atoms with van der Waals surface area (Å²) < 4.78 is 16.2. The zero-order valence-electron chi connectivity index (χ0n) is 17.2. The van der Waals surface area contributed by atoms with Gasteiger partial charge in [0.2, 0.25) is 5.78 Å². The summed E-state index contributed by atoms with van der Waals surface area (Å²) in [7, 11) is 1.51. The number of hydrogen-bond acceptors (Lipinski definition) is 7. The van der Waals surface area contributed by atoms with Crippen LogP contribution in [-0.2, 0) is 4.79 Å². The zero-order valence-corrected chi connectivity index (χ0v) is 17.2. The molecule has 0 bridgehead atoms. The number of carbonyl (C=O) groups is 2. The van der Waals surface area contributed by atoms with Crippen LogP contribution in [0.15, 0.2) is 80.9 Å². The number of ether oxygens (including phenoxy) is 1. The number of aromatic nitrogens is 1. The van der Waals surface area contributed by atoms with Crippen molar-refractivity contribution >= 4 is 28.5 Å². The highest BCUT2D eigenvalue weighted by molar-refractivity contribution is 6.20. The number of anilines is 1. The molecule has 1 aliphatic rings. The molecule has 0 saturated carbocycles. The second-order valence-corrected chi connectivity index (χ2v) is 7.36. The van der Waals surface area contributed by atoms with Gasteiger partial charge in [-0.1, -0.05) is 47.6 Å². The van der Waals surface area contributed by atoms with E-state index < -0.39 is 23.5 Å². The smallest absolute Gasteiger partial charge is 0.295 e. The lowest BCUT2D eigenvalue weighted by molar-refractivity contribution is -0.117. The van der Waals surface area contributed by atoms with Crippen molar-refractivity contribution in [3.8, 4) is 5.75 Å².